The molecule has 0 unspecified atom stereocenters. The van der Waals surface area contributed by atoms with Gasteiger partial charge in [-0.3, -0.25) is 0 Å². The fourth-order valence-corrected chi connectivity index (χ4v) is 1.83. The summed E-state index contributed by atoms with van der Waals surface area (Å²) < 4.78 is 5.16. The van der Waals surface area contributed by atoms with Gasteiger partial charge in [-0.2, -0.15) is 0 Å². The second-order valence-corrected chi connectivity index (χ2v) is 5.04. The lowest BCUT2D eigenvalue weighted by Crippen LogP contribution is -2.37. The lowest BCUT2D eigenvalue weighted by molar-refractivity contribution is -0.139. The quantitative estimate of drug-likeness (QED) is 0.810. The van der Waals surface area contributed by atoms with E-state index in [1.807, 2.05) is 20.8 Å². The third-order valence-electron chi connectivity index (χ3n) is 2.73. The summed E-state index contributed by atoms with van der Waals surface area (Å²) >= 11 is 0. The zero-order valence-corrected chi connectivity index (χ0v) is 12.6. The first-order valence-corrected chi connectivity index (χ1v) is 6.93. The number of ether oxygens (including phenoxy) is 1. The summed E-state index contributed by atoms with van der Waals surface area (Å²) in [7, 11) is 0. The van der Waals surface area contributed by atoms with Gasteiger partial charge in [-0.15, -0.1) is 0 Å². The number of para-hydroxylation sites is 2. The van der Waals surface area contributed by atoms with Crippen LogP contribution in [0.25, 0.3) is 0 Å². The molecule has 0 aliphatic rings. The first-order valence-electron chi connectivity index (χ1n) is 6.93. The predicted octanol–water partition coefficient (Wildman–Crippen LogP) is 2.66. The van der Waals surface area contributed by atoms with Gasteiger partial charge in [0.25, 0.3) is 0 Å². The van der Waals surface area contributed by atoms with Gasteiger partial charge in [-0.1, -0.05) is 26.0 Å². The van der Waals surface area contributed by atoms with Crippen molar-refractivity contribution in [2.45, 2.75) is 20.8 Å². The highest BCUT2D eigenvalue weighted by atomic mass is 16.5. The summed E-state index contributed by atoms with van der Waals surface area (Å²) in [6.45, 7) is 6.80. The molecule has 2 N–H and O–H groups in total. The molecule has 1 rings (SSSR count). The largest absolute Gasteiger partial charge is 0.480 e. The van der Waals surface area contributed by atoms with Crippen LogP contribution in [-0.4, -0.2) is 41.7 Å². The van der Waals surface area contributed by atoms with Crippen LogP contribution < -0.4 is 10.1 Å². The Morgan fingerprint density at radius 3 is 2.57 bits per heavy atom. The maximum absolute atomic E-state index is 12.2. The van der Waals surface area contributed by atoms with Crippen molar-refractivity contribution in [1.82, 2.24) is 4.90 Å². The Kier molecular flexibility index (Phi) is 6.52. The van der Waals surface area contributed by atoms with E-state index in [-0.39, 0.29) is 6.03 Å². The summed E-state index contributed by atoms with van der Waals surface area (Å²) in [5.41, 5.74) is 0.464. The molecule has 1 aromatic rings. The van der Waals surface area contributed by atoms with E-state index in [1.165, 1.54) is 0 Å². The molecule has 6 nitrogen and oxygen atoms in total. The molecule has 0 aliphatic heterocycles. The molecule has 0 fully saturated rings. The fraction of sp³-hybridized carbons (Fsp3) is 0.467. The Labute approximate surface area is 124 Å². The van der Waals surface area contributed by atoms with Crippen LogP contribution in [0, 0.1) is 5.92 Å². The monoisotopic (exact) mass is 294 g/mol. The molecular weight excluding hydrogens is 272 g/mol. The molecule has 0 radical (unpaired) electrons. The Bertz CT molecular complexity index is 488. The molecule has 1 aromatic carbocycles. The Morgan fingerprint density at radius 1 is 1.33 bits per heavy atom. The normalized spacial score (nSPS) is 10.3. The van der Waals surface area contributed by atoms with E-state index in [4.69, 9.17) is 9.84 Å². The maximum atomic E-state index is 12.2. The van der Waals surface area contributed by atoms with Crippen LogP contribution in [0.5, 0.6) is 5.75 Å². The molecule has 0 spiro atoms. The first kappa shape index (κ1) is 16.8. The van der Waals surface area contributed by atoms with E-state index in [0.29, 0.717) is 30.4 Å². The van der Waals surface area contributed by atoms with Crippen LogP contribution in [0.15, 0.2) is 24.3 Å². The lowest BCUT2D eigenvalue weighted by Gasteiger charge is -2.23. The summed E-state index contributed by atoms with van der Waals surface area (Å²) in [6, 6.07) is 6.55. The van der Waals surface area contributed by atoms with E-state index in [1.54, 1.807) is 29.2 Å². The number of carboxylic acids is 1. The van der Waals surface area contributed by atoms with Gasteiger partial charge in [0.05, 0.1) is 5.69 Å². The van der Waals surface area contributed by atoms with Gasteiger partial charge in [0.1, 0.15) is 5.75 Å². The second kappa shape index (κ2) is 8.14. The standard InChI is InChI=1S/C15H22N2O4/c1-4-17(9-11(2)3)15(20)16-12-7-5-6-8-13(12)21-10-14(18)19/h5-8,11H,4,9-10H2,1-3H3,(H,16,20)(H,18,19). The number of carboxylic acid groups (broad SMARTS) is 1. The van der Waals surface area contributed by atoms with Gasteiger partial charge < -0.3 is 20.1 Å². The number of aliphatic carboxylic acids is 1. The molecule has 0 bridgehead atoms. The molecule has 0 aliphatic carbocycles. The lowest BCUT2D eigenvalue weighted by atomic mass is 10.2. The van der Waals surface area contributed by atoms with Crippen molar-refractivity contribution in [3.8, 4) is 5.75 Å². The number of carbonyl (C=O) groups excluding carboxylic acids is 1. The van der Waals surface area contributed by atoms with Crippen molar-refractivity contribution >= 4 is 17.7 Å². The minimum atomic E-state index is -1.06. The molecular formula is C15H22N2O4. The number of amides is 2. The SMILES string of the molecule is CCN(CC(C)C)C(=O)Nc1ccccc1OCC(=O)O. The zero-order valence-electron chi connectivity index (χ0n) is 12.6. The van der Waals surface area contributed by atoms with Crippen LogP contribution in [-0.2, 0) is 4.79 Å². The number of carbonyl (C=O) groups is 2. The smallest absolute Gasteiger partial charge is 0.341 e. The molecule has 116 valence electrons. The van der Waals surface area contributed by atoms with E-state index < -0.39 is 12.6 Å². The van der Waals surface area contributed by atoms with E-state index in [9.17, 15) is 9.59 Å². The Balaban J connectivity index is 2.76. The predicted molar refractivity (Wildman–Crippen MR) is 80.7 cm³/mol. The number of anilines is 1. The topological polar surface area (TPSA) is 78.9 Å². The van der Waals surface area contributed by atoms with Crippen molar-refractivity contribution in [2.75, 3.05) is 25.0 Å². The molecule has 0 atom stereocenters. The molecule has 2 amide bonds. The third kappa shape index (κ3) is 5.72. The summed E-state index contributed by atoms with van der Waals surface area (Å²) in [6.07, 6.45) is 0. The molecule has 0 aromatic heterocycles. The number of hydrogen-bond acceptors (Lipinski definition) is 3. The molecule has 21 heavy (non-hydrogen) atoms. The van der Waals surface area contributed by atoms with Crippen molar-refractivity contribution < 1.29 is 19.4 Å². The number of hydrogen-bond donors (Lipinski definition) is 2. The average molecular weight is 294 g/mol. The summed E-state index contributed by atoms with van der Waals surface area (Å²) in [5.74, 6) is -0.353. The zero-order chi connectivity index (χ0) is 15.8. The average Bonchev–Trinajstić information content (AvgIpc) is 2.43. The van der Waals surface area contributed by atoms with Gasteiger partial charge in [0.15, 0.2) is 6.61 Å². The molecule has 0 saturated heterocycles. The second-order valence-electron chi connectivity index (χ2n) is 5.04. The highest BCUT2D eigenvalue weighted by molar-refractivity contribution is 5.91. The summed E-state index contributed by atoms with van der Waals surface area (Å²) in [4.78, 5) is 24.5. The minimum absolute atomic E-state index is 0.224. The number of nitrogens with zero attached hydrogens (tertiary/aromatic N) is 1. The third-order valence-corrected chi connectivity index (χ3v) is 2.73. The van der Waals surface area contributed by atoms with Gasteiger partial charge >= 0.3 is 12.0 Å². The molecule has 6 heteroatoms. The fourth-order valence-electron chi connectivity index (χ4n) is 1.83. The van der Waals surface area contributed by atoms with Gasteiger partial charge in [-0.25, -0.2) is 9.59 Å². The Morgan fingerprint density at radius 2 is 2.00 bits per heavy atom. The number of urea groups is 1. The van der Waals surface area contributed by atoms with Gasteiger partial charge in [-0.05, 0) is 25.0 Å². The van der Waals surface area contributed by atoms with Crippen LogP contribution in [0.1, 0.15) is 20.8 Å². The number of nitrogens with one attached hydrogen (secondary N) is 1. The van der Waals surface area contributed by atoms with Crippen molar-refractivity contribution in [3.63, 3.8) is 0 Å². The van der Waals surface area contributed by atoms with Crippen molar-refractivity contribution in [2.24, 2.45) is 5.92 Å². The Hall–Kier alpha value is -2.24. The van der Waals surface area contributed by atoms with E-state index in [0.717, 1.165) is 0 Å². The van der Waals surface area contributed by atoms with Crippen LogP contribution >= 0.6 is 0 Å². The van der Waals surface area contributed by atoms with Crippen LogP contribution in [0.3, 0.4) is 0 Å². The van der Waals surface area contributed by atoms with Crippen molar-refractivity contribution in [3.05, 3.63) is 24.3 Å². The van der Waals surface area contributed by atoms with Gasteiger partial charge in [0.2, 0.25) is 0 Å². The van der Waals surface area contributed by atoms with Crippen LogP contribution in [0.2, 0.25) is 0 Å². The van der Waals surface area contributed by atoms with E-state index in [2.05, 4.69) is 5.32 Å². The highest BCUT2D eigenvalue weighted by Crippen LogP contribution is 2.24. The first-order chi connectivity index (χ1) is 9.93. The number of benzene rings is 1. The summed E-state index contributed by atoms with van der Waals surface area (Å²) in [5, 5.41) is 11.4. The van der Waals surface area contributed by atoms with Crippen LogP contribution in [0.4, 0.5) is 10.5 Å². The molecule has 0 saturated carbocycles. The van der Waals surface area contributed by atoms with Crippen molar-refractivity contribution in [1.29, 1.82) is 0 Å². The molecule has 0 heterocycles. The minimum Gasteiger partial charge on any atom is -0.480 e. The maximum Gasteiger partial charge on any atom is 0.341 e. The van der Waals surface area contributed by atoms with E-state index >= 15 is 0 Å². The van der Waals surface area contributed by atoms with Gasteiger partial charge in [0, 0.05) is 13.1 Å². The number of rotatable bonds is 7. The highest BCUT2D eigenvalue weighted by Gasteiger charge is 2.15.